The number of hydrogen-bond acceptors (Lipinski definition) is 3. The van der Waals surface area contributed by atoms with Gasteiger partial charge in [-0.3, -0.25) is 10.1 Å². The van der Waals surface area contributed by atoms with Crippen LogP contribution < -0.4 is 10.6 Å². The van der Waals surface area contributed by atoms with Gasteiger partial charge in [-0.25, -0.2) is 4.79 Å². The minimum absolute atomic E-state index is 0.0972. The van der Waals surface area contributed by atoms with Crippen molar-refractivity contribution in [3.8, 4) is 5.75 Å². The first-order chi connectivity index (χ1) is 11.6. The Labute approximate surface area is 123 Å². The third kappa shape index (κ3) is 1.79. The van der Waals surface area contributed by atoms with Crippen molar-refractivity contribution in [2.24, 2.45) is 5.89 Å². The molecular formula is C15H14N2O3. The summed E-state index contributed by atoms with van der Waals surface area (Å²) in [5.41, 5.74) is -1.96. The lowest BCUT2D eigenvalue weighted by Crippen LogP contribution is -2.49. The molecule has 3 amide bonds. The Kier molecular flexibility index (Phi) is 1.78. The number of nitrogens with one attached hydrogen (secondary N) is 2. The predicted octanol–water partition coefficient (Wildman–Crippen LogP) is 1.56. The normalized spacial score (nSPS) is 40.7. The van der Waals surface area contributed by atoms with Crippen molar-refractivity contribution >= 4 is 11.9 Å². The number of allylic oxidation sites excluding steroid dienone is 3. The third-order valence-electron chi connectivity index (χ3n) is 3.20. The quantitative estimate of drug-likeness (QED) is 0.717. The first kappa shape index (κ1) is 7.89. The summed E-state index contributed by atoms with van der Waals surface area (Å²) >= 11 is 0. The number of phenols is 1. The minimum Gasteiger partial charge on any atom is -0.508 e. The second-order valence-electron chi connectivity index (χ2n) is 4.36. The Morgan fingerprint density at radius 1 is 1.35 bits per heavy atom. The van der Waals surface area contributed by atoms with E-state index in [1.54, 1.807) is 0 Å². The lowest BCUT2D eigenvalue weighted by molar-refractivity contribution is -0.125. The van der Waals surface area contributed by atoms with Gasteiger partial charge in [0.2, 0.25) is 0 Å². The van der Waals surface area contributed by atoms with E-state index in [1.165, 1.54) is 24.3 Å². The second kappa shape index (κ2) is 4.52. The lowest BCUT2D eigenvalue weighted by Gasteiger charge is -2.33. The van der Waals surface area contributed by atoms with Crippen molar-refractivity contribution in [1.29, 1.82) is 0 Å². The van der Waals surface area contributed by atoms with E-state index in [2.05, 4.69) is 5.32 Å². The summed E-state index contributed by atoms with van der Waals surface area (Å²) < 4.78 is 40.4. The third-order valence-corrected chi connectivity index (χ3v) is 3.20. The van der Waals surface area contributed by atoms with Crippen LogP contribution in [-0.2, 0) is 10.3 Å². The molecule has 5 heteroatoms. The van der Waals surface area contributed by atoms with E-state index in [9.17, 15) is 14.7 Å². The van der Waals surface area contributed by atoms with Gasteiger partial charge in [-0.1, -0.05) is 36.4 Å². The Morgan fingerprint density at radius 3 is 2.75 bits per heavy atom. The zero-order valence-electron chi connectivity index (χ0n) is 15.2. The molecule has 1 fully saturated rings. The van der Waals surface area contributed by atoms with Gasteiger partial charge in [-0.15, -0.1) is 0 Å². The molecule has 1 aromatic carbocycles. The molecule has 0 radical (unpaired) electrons. The van der Waals surface area contributed by atoms with Gasteiger partial charge in [-0.05, 0) is 24.1 Å². The number of carbonyl (C=O) groups is 2. The zero-order valence-corrected chi connectivity index (χ0v) is 10.2. The molecule has 1 aromatic rings. The monoisotopic (exact) mass is 275 g/mol. The Balaban J connectivity index is 2.28. The highest BCUT2D eigenvalue weighted by Gasteiger charge is 2.52. The van der Waals surface area contributed by atoms with E-state index < -0.39 is 47.9 Å². The molecule has 5 nitrogen and oxygen atoms in total. The number of urea groups is 1. The highest BCUT2D eigenvalue weighted by molar-refractivity contribution is 6.07. The van der Waals surface area contributed by atoms with E-state index in [4.69, 9.17) is 6.85 Å². The summed E-state index contributed by atoms with van der Waals surface area (Å²) in [7, 11) is 0. The molecule has 0 aromatic heterocycles. The molecule has 1 aliphatic carbocycles. The number of aromatic hydroxyl groups is 1. The van der Waals surface area contributed by atoms with E-state index in [-0.39, 0.29) is 11.3 Å². The maximum atomic E-state index is 12.7. The van der Waals surface area contributed by atoms with Crippen molar-refractivity contribution < 1.29 is 21.5 Å². The van der Waals surface area contributed by atoms with E-state index in [1.807, 2.05) is 5.32 Å². The fourth-order valence-electron chi connectivity index (χ4n) is 2.27. The molecule has 3 unspecified atom stereocenters. The van der Waals surface area contributed by atoms with Crippen LogP contribution in [-0.4, -0.2) is 17.0 Å². The van der Waals surface area contributed by atoms with Gasteiger partial charge in [0.25, 0.3) is 5.91 Å². The van der Waals surface area contributed by atoms with Crippen molar-refractivity contribution in [3.05, 3.63) is 54.1 Å². The molecule has 1 saturated heterocycles. The van der Waals surface area contributed by atoms with Crippen LogP contribution in [0.25, 0.3) is 0 Å². The van der Waals surface area contributed by atoms with Gasteiger partial charge < -0.3 is 10.4 Å². The summed E-state index contributed by atoms with van der Waals surface area (Å²) in [6.45, 7) is 0. The number of rotatable bonds is 2. The van der Waals surface area contributed by atoms with Crippen molar-refractivity contribution in [2.75, 3.05) is 0 Å². The van der Waals surface area contributed by atoms with Crippen LogP contribution >= 0.6 is 0 Å². The van der Waals surface area contributed by atoms with Gasteiger partial charge in [0, 0.05) is 8.64 Å². The molecule has 2 aliphatic rings. The van der Waals surface area contributed by atoms with Gasteiger partial charge in [-0.2, -0.15) is 0 Å². The fourth-order valence-corrected chi connectivity index (χ4v) is 2.27. The molecule has 102 valence electrons. The molecular weight excluding hydrogens is 256 g/mol. The van der Waals surface area contributed by atoms with E-state index in [0.29, 0.717) is 0 Å². The molecule has 3 rings (SSSR count). The van der Waals surface area contributed by atoms with Crippen LogP contribution in [0, 0.1) is 5.89 Å². The van der Waals surface area contributed by atoms with Crippen LogP contribution in [0.15, 0.2) is 48.5 Å². The number of carbonyl (C=O) groups excluding carboxylic acids is 2. The highest BCUT2D eigenvalue weighted by Crippen LogP contribution is 2.37. The number of phenolic OH excluding ortho intramolecular Hbond substituents is 1. The molecule has 1 aliphatic heterocycles. The number of imide groups is 1. The van der Waals surface area contributed by atoms with E-state index in [0.717, 1.165) is 6.08 Å². The molecule has 1 heterocycles. The SMILES string of the molecule is [2H]C1=CC([2H])(C2(c3ccc(O)cc3)NC(=O)NC2=O)C([2H])C([2H])=C1[2H]. The van der Waals surface area contributed by atoms with E-state index >= 15 is 0 Å². The molecule has 3 N–H and O–H groups in total. The second-order valence-corrected chi connectivity index (χ2v) is 4.36. The Hall–Kier alpha value is -2.56. The average Bonchev–Trinajstić information content (AvgIpc) is 2.87. The molecule has 20 heavy (non-hydrogen) atoms. The zero-order chi connectivity index (χ0) is 18.6. The summed E-state index contributed by atoms with van der Waals surface area (Å²) in [5.74, 6) is -3.24. The topological polar surface area (TPSA) is 78.4 Å². The van der Waals surface area contributed by atoms with Gasteiger partial charge in [0.05, 0.1) is 4.11 Å². The van der Waals surface area contributed by atoms with Crippen LogP contribution in [0.1, 0.15) is 18.8 Å². The molecule has 3 atom stereocenters. The van der Waals surface area contributed by atoms with Crippen LogP contribution in [0.3, 0.4) is 0 Å². The maximum absolute atomic E-state index is 12.7. The number of amides is 3. The van der Waals surface area contributed by atoms with Crippen molar-refractivity contribution in [2.45, 2.75) is 11.9 Å². The van der Waals surface area contributed by atoms with Crippen LogP contribution in [0.5, 0.6) is 5.75 Å². The molecule has 0 spiro atoms. The highest BCUT2D eigenvalue weighted by atomic mass is 16.3. The van der Waals surface area contributed by atoms with Crippen molar-refractivity contribution in [3.63, 3.8) is 0 Å². The number of benzene rings is 1. The van der Waals surface area contributed by atoms with Crippen molar-refractivity contribution in [1.82, 2.24) is 10.6 Å². The Morgan fingerprint density at radius 2 is 2.10 bits per heavy atom. The smallest absolute Gasteiger partial charge is 0.322 e. The number of hydrogen-bond donors (Lipinski definition) is 3. The minimum atomic E-state index is -2.24. The first-order valence-corrected chi connectivity index (χ1v) is 5.86. The first-order valence-electron chi connectivity index (χ1n) is 8.44. The summed E-state index contributed by atoms with van der Waals surface area (Å²) in [5, 5.41) is 13.9. The summed E-state index contributed by atoms with van der Waals surface area (Å²) in [6.07, 6.45) is -0.754. The largest absolute Gasteiger partial charge is 0.508 e. The van der Waals surface area contributed by atoms with Gasteiger partial charge in [0.1, 0.15) is 5.75 Å². The van der Waals surface area contributed by atoms with Crippen LogP contribution in [0.4, 0.5) is 4.79 Å². The van der Waals surface area contributed by atoms with Gasteiger partial charge >= 0.3 is 6.03 Å². The summed E-state index contributed by atoms with van der Waals surface area (Å²) in [4.78, 5) is 24.5. The van der Waals surface area contributed by atoms with Crippen LogP contribution in [0.2, 0.25) is 0 Å². The van der Waals surface area contributed by atoms with Gasteiger partial charge in [0.15, 0.2) is 5.54 Å². The molecule has 0 saturated carbocycles. The predicted molar refractivity (Wildman–Crippen MR) is 72.8 cm³/mol. The lowest BCUT2D eigenvalue weighted by atomic mass is 9.75. The standard InChI is InChI=1S/C15H14N2O3/c18-12-8-6-11(7-9-12)15(10-4-2-1-3-5-10)13(19)16-14(20)17-15/h1-4,6-10,18H,5H2,(H2,16,17,19,20)/i1D,2D,3D,5D,10D. The fraction of sp³-hybridized carbons (Fsp3) is 0.200. The average molecular weight is 275 g/mol. The maximum Gasteiger partial charge on any atom is 0.322 e. The summed E-state index contributed by atoms with van der Waals surface area (Å²) in [6, 6.07) is 2.73. The molecule has 0 bridgehead atoms. The Bertz CT molecular complexity index is 838.